The highest BCUT2D eigenvalue weighted by Crippen LogP contribution is 2.20. The smallest absolute Gasteiger partial charge is 0.0716 e. The Hall–Kier alpha value is -1.54. The van der Waals surface area contributed by atoms with Gasteiger partial charge in [-0.3, -0.25) is 4.98 Å². The molecule has 1 heterocycles. The van der Waals surface area contributed by atoms with Gasteiger partial charge in [0.1, 0.15) is 0 Å². The number of nitrogens with zero attached hydrogens (tertiary/aromatic N) is 1. The number of nitrogens with two attached hydrogens (primary N) is 1. The number of hydrogen-bond acceptors (Lipinski definition) is 2. The van der Waals surface area contributed by atoms with Crippen LogP contribution in [0, 0.1) is 0 Å². The van der Waals surface area contributed by atoms with Crippen molar-refractivity contribution >= 4 is 17.3 Å². The zero-order valence-electron chi connectivity index (χ0n) is 7.44. The molecule has 14 heavy (non-hydrogen) atoms. The highest BCUT2D eigenvalue weighted by Gasteiger charge is 1.98. The molecule has 0 aliphatic heterocycles. The summed E-state index contributed by atoms with van der Waals surface area (Å²) in [5.74, 6) is 0. The molecule has 0 fully saturated rings. The van der Waals surface area contributed by atoms with Crippen molar-refractivity contribution in [1.29, 1.82) is 0 Å². The number of hydrogen-bond donors (Lipinski definition) is 1. The molecule has 0 amide bonds. The molecule has 0 unspecified atom stereocenters. The van der Waals surface area contributed by atoms with Crippen LogP contribution < -0.4 is 5.73 Å². The molecule has 0 spiro atoms. The Morgan fingerprint density at radius 2 is 1.79 bits per heavy atom. The Morgan fingerprint density at radius 3 is 2.43 bits per heavy atom. The number of pyridine rings is 1. The first-order valence-corrected chi connectivity index (χ1v) is 4.61. The van der Waals surface area contributed by atoms with Crippen molar-refractivity contribution < 1.29 is 0 Å². The van der Waals surface area contributed by atoms with E-state index in [0.717, 1.165) is 16.9 Å². The van der Waals surface area contributed by atoms with E-state index in [1.54, 1.807) is 12.3 Å². The third-order valence-corrected chi connectivity index (χ3v) is 2.16. The topological polar surface area (TPSA) is 38.9 Å². The second-order valence-electron chi connectivity index (χ2n) is 2.98. The van der Waals surface area contributed by atoms with Crippen LogP contribution in [0.1, 0.15) is 0 Å². The molecule has 2 nitrogen and oxygen atoms in total. The number of anilines is 1. The minimum absolute atomic E-state index is 0.687. The number of aromatic nitrogens is 1. The van der Waals surface area contributed by atoms with Crippen LogP contribution in [-0.4, -0.2) is 4.98 Å². The van der Waals surface area contributed by atoms with Crippen molar-refractivity contribution in [3.05, 3.63) is 47.6 Å². The zero-order valence-corrected chi connectivity index (χ0v) is 8.20. The van der Waals surface area contributed by atoms with E-state index in [2.05, 4.69) is 4.98 Å². The van der Waals surface area contributed by atoms with Crippen LogP contribution in [0.3, 0.4) is 0 Å². The largest absolute Gasteiger partial charge is 0.399 e. The third kappa shape index (κ3) is 1.86. The van der Waals surface area contributed by atoms with E-state index < -0.39 is 0 Å². The van der Waals surface area contributed by atoms with Gasteiger partial charge in [0.15, 0.2) is 0 Å². The molecule has 3 heteroatoms. The third-order valence-electron chi connectivity index (χ3n) is 1.93. The molecule has 2 N–H and O–H groups in total. The van der Waals surface area contributed by atoms with E-state index in [1.165, 1.54) is 0 Å². The highest BCUT2D eigenvalue weighted by molar-refractivity contribution is 6.30. The van der Waals surface area contributed by atoms with Gasteiger partial charge in [0.25, 0.3) is 0 Å². The Labute approximate surface area is 87.4 Å². The summed E-state index contributed by atoms with van der Waals surface area (Å²) in [6.45, 7) is 0. The molecule has 0 bridgehead atoms. The maximum absolute atomic E-state index is 5.86. The number of halogens is 1. The summed E-state index contributed by atoms with van der Waals surface area (Å²) in [6.07, 6.45) is 1.69. The van der Waals surface area contributed by atoms with Gasteiger partial charge in [-0.1, -0.05) is 23.7 Å². The van der Waals surface area contributed by atoms with Gasteiger partial charge in [-0.2, -0.15) is 0 Å². The van der Waals surface area contributed by atoms with E-state index in [0.29, 0.717) is 5.02 Å². The molecule has 2 aromatic rings. The molecule has 2 rings (SSSR count). The van der Waals surface area contributed by atoms with Gasteiger partial charge in [-0.05, 0) is 24.3 Å². The van der Waals surface area contributed by atoms with Crippen molar-refractivity contribution in [3.8, 4) is 11.3 Å². The first-order chi connectivity index (χ1) is 6.75. The van der Waals surface area contributed by atoms with Gasteiger partial charge in [0.2, 0.25) is 0 Å². The first-order valence-electron chi connectivity index (χ1n) is 4.23. The average molecular weight is 205 g/mol. The number of rotatable bonds is 1. The summed E-state index contributed by atoms with van der Waals surface area (Å²) in [4.78, 5) is 4.21. The summed E-state index contributed by atoms with van der Waals surface area (Å²) in [6, 6.07) is 11.1. The molecule has 0 aliphatic carbocycles. The standard InChI is InChI=1S/C11H9ClN2/c12-9-5-6-14-11(7-9)8-1-3-10(13)4-2-8/h1-7H,13H2. The fourth-order valence-corrected chi connectivity index (χ4v) is 1.38. The van der Waals surface area contributed by atoms with Gasteiger partial charge in [0, 0.05) is 22.5 Å². The van der Waals surface area contributed by atoms with Crippen molar-refractivity contribution in [2.45, 2.75) is 0 Å². The number of nitrogen functional groups attached to an aromatic ring is 1. The van der Waals surface area contributed by atoms with Crippen molar-refractivity contribution in [3.63, 3.8) is 0 Å². The summed E-state index contributed by atoms with van der Waals surface area (Å²) in [5, 5.41) is 0.687. The van der Waals surface area contributed by atoms with Crippen LogP contribution in [0.25, 0.3) is 11.3 Å². The van der Waals surface area contributed by atoms with Gasteiger partial charge in [0.05, 0.1) is 5.69 Å². The van der Waals surface area contributed by atoms with Crippen LogP contribution in [0.2, 0.25) is 5.02 Å². The lowest BCUT2D eigenvalue weighted by Crippen LogP contribution is -1.85. The van der Waals surface area contributed by atoms with Crippen molar-refractivity contribution in [2.24, 2.45) is 0 Å². The Bertz CT molecular complexity index is 437. The maximum Gasteiger partial charge on any atom is 0.0716 e. The van der Waals surface area contributed by atoms with E-state index in [4.69, 9.17) is 17.3 Å². The summed E-state index contributed by atoms with van der Waals surface area (Å²) in [7, 11) is 0. The molecule has 1 aromatic heterocycles. The van der Waals surface area contributed by atoms with Crippen LogP contribution in [0.15, 0.2) is 42.6 Å². The van der Waals surface area contributed by atoms with Gasteiger partial charge >= 0.3 is 0 Å². The van der Waals surface area contributed by atoms with E-state index in [-0.39, 0.29) is 0 Å². The van der Waals surface area contributed by atoms with Gasteiger partial charge in [-0.25, -0.2) is 0 Å². The first kappa shape index (κ1) is 9.03. The predicted octanol–water partition coefficient (Wildman–Crippen LogP) is 2.98. The van der Waals surface area contributed by atoms with Crippen LogP contribution >= 0.6 is 11.6 Å². The fourth-order valence-electron chi connectivity index (χ4n) is 1.22. The van der Waals surface area contributed by atoms with Crippen molar-refractivity contribution in [1.82, 2.24) is 4.98 Å². The lowest BCUT2D eigenvalue weighted by Gasteiger charge is -2.01. The molecule has 0 atom stereocenters. The molecule has 1 aromatic carbocycles. The van der Waals surface area contributed by atoms with Crippen LogP contribution in [0.4, 0.5) is 5.69 Å². The van der Waals surface area contributed by atoms with Crippen LogP contribution in [-0.2, 0) is 0 Å². The lowest BCUT2D eigenvalue weighted by molar-refractivity contribution is 1.33. The van der Waals surface area contributed by atoms with E-state index in [1.807, 2.05) is 30.3 Å². The molecule has 0 saturated heterocycles. The predicted molar refractivity (Wildman–Crippen MR) is 59.1 cm³/mol. The van der Waals surface area contributed by atoms with E-state index >= 15 is 0 Å². The van der Waals surface area contributed by atoms with Crippen molar-refractivity contribution in [2.75, 3.05) is 5.73 Å². The SMILES string of the molecule is Nc1ccc(-c2cc(Cl)ccn2)cc1. The Kier molecular flexibility index (Phi) is 2.37. The molecule has 70 valence electrons. The lowest BCUT2D eigenvalue weighted by atomic mass is 10.1. The minimum Gasteiger partial charge on any atom is -0.399 e. The second kappa shape index (κ2) is 3.68. The zero-order chi connectivity index (χ0) is 9.97. The molecule has 0 saturated carbocycles. The summed E-state index contributed by atoms with van der Waals surface area (Å²) >= 11 is 5.86. The summed E-state index contributed by atoms with van der Waals surface area (Å²) in [5.41, 5.74) is 8.21. The highest BCUT2D eigenvalue weighted by atomic mass is 35.5. The normalized spacial score (nSPS) is 10.1. The van der Waals surface area contributed by atoms with Gasteiger partial charge < -0.3 is 5.73 Å². The molecule has 0 radical (unpaired) electrons. The summed E-state index contributed by atoms with van der Waals surface area (Å²) < 4.78 is 0. The Morgan fingerprint density at radius 1 is 1.07 bits per heavy atom. The minimum atomic E-state index is 0.687. The maximum atomic E-state index is 5.86. The average Bonchev–Trinajstić information content (AvgIpc) is 2.19. The fraction of sp³-hybridized carbons (Fsp3) is 0. The molecular weight excluding hydrogens is 196 g/mol. The Balaban J connectivity index is 2.44. The van der Waals surface area contributed by atoms with Gasteiger partial charge in [-0.15, -0.1) is 0 Å². The molecule has 0 aliphatic rings. The quantitative estimate of drug-likeness (QED) is 0.726. The van der Waals surface area contributed by atoms with E-state index in [9.17, 15) is 0 Å². The monoisotopic (exact) mass is 204 g/mol. The number of benzene rings is 1. The molecular formula is C11H9ClN2. The van der Waals surface area contributed by atoms with Crippen LogP contribution in [0.5, 0.6) is 0 Å². The second-order valence-corrected chi connectivity index (χ2v) is 3.42.